The van der Waals surface area contributed by atoms with Crippen molar-refractivity contribution in [3.8, 4) is 11.5 Å². The summed E-state index contributed by atoms with van der Waals surface area (Å²) in [5.41, 5.74) is 0.219. The summed E-state index contributed by atoms with van der Waals surface area (Å²) < 4.78 is 0. The van der Waals surface area contributed by atoms with Gasteiger partial charge in [0, 0.05) is 32.5 Å². The number of hydrogen-bond acceptors (Lipinski definition) is 4. The van der Waals surface area contributed by atoms with Crippen molar-refractivity contribution >= 4 is 55.2 Å². The van der Waals surface area contributed by atoms with E-state index in [-0.39, 0.29) is 23.3 Å². The molecule has 26 heavy (non-hydrogen) atoms. The lowest BCUT2D eigenvalue weighted by molar-refractivity contribution is -0.104. The minimum absolute atomic E-state index is 0.0337. The molecule has 5 rings (SSSR count). The minimum atomic E-state index is -0.660. The number of hydrogen-bond donors (Lipinski definition) is 2. The van der Waals surface area contributed by atoms with Crippen molar-refractivity contribution < 1.29 is 19.8 Å². The molecule has 0 atom stereocenters. The molecule has 0 saturated heterocycles. The highest BCUT2D eigenvalue weighted by atomic mass is 16.3. The van der Waals surface area contributed by atoms with Crippen LogP contribution in [0.2, 0.25) is 0 Å². The predicted octanol–water partition coefficient (Wildman–Crippen LogP) is 4.53. The van der Waals surface area contributed by atoms with Gasteiger partial charge >= 0.3 is 0 Å². The van der Waals surface area contributed by atoms with Gasteiger partial charge < -0.3 is 10.2 Å². The normalized spacial score (nSPS) is 11.7. The van der Waals surface area contributed by atoms with Gasteiger partial charge in [0.1, 0.15) is 11.5 Å². The van der Waals surface area contributed by atoms with Gasteiger partial charge in [0.15, 0.2) is 6.29 Å². The van der Waals surface area contributed by atoms with Gasteiger partial charge in [-0.3, -0.25) is 9.59 Å². The van der Waals surface area contributed by atoms with Crippen molar-refractivity contribution in [1.82, 2.24) is 0 Å². The Labute approximate surface area is 147 Å². The van der Waals surface area contributed by atoms with Crippen molar-refractivity contribution in [3.63, 3.8) is 0 Å². The van der Waals surface area contributed by atoms with Crippen LogP contribution in [0.15, 0.2) is 54.6 Å². The molecule has 0 aliphatic rings. The molecule has 0 radical (unpaired) electrons. The maximum atomic E-state index is 12.3. The SMILES string of the molecule is O=CC(=O)c1ccc2ccc(O)c3c4cccc5ccc(O)c(c1c23)c54. The van der Waals surface area contributed by atoms with Crippen LogP contribution in [-0.2, 0) is 4.79 Å². The first-order valence-corrected chi connectivity index (χ1v) is 8.15. The number of phenols is 2. The van der Waals surface area contributed by atoms with Crippen LogP contribution in [-0.4, -0.2) is 22.3 Å². The Hall–Kier alpha value is -3.66. The van der Waals surface area contributed by atoms with E-state index in [0.717, 1.165) is 21.5 Å². The van der Waals surface area contributed by atoms with Gasteiger partial charge in [0.25, 0.3) is 0 Å². The Morgan fingerprint density at radius 1 is 0.692 bits per heavy atom. The highest BCUT2D eigenvalue weighted by Gasteiger charge is 2.21. The quantitative estimate of drug-likeness (QED) is 0.163. The van der Waals surface area contributed by atoms with Crippen molar-refractivity contribution in [2.24, 2.45) is 0 Å². The van der Waals surface area contributed by atoms with Crippen molar-refractivity contribution in [3.05, 3.63) is 60.2 Å². The van der Waals surface area contributed by atoms with Crippen LogP contribution in [0.3, 0.4) is 0 Å². The maximum Gasteiger partial charge on any atom is 0.226 e. The molecule has 5 aromatic rings. The Bertz CT molecular complexity index is 1380. The van der Waals surface area contributed by atoms with E-state index in [0.29, 0.717) is 21.5 Å². The summed E-state index contributed by atoms with van der Waals surface area (Å²) in [5, 5.41) is 26.8. The first-order chi connectivity index (χ1) is 12.6. The minimum Gasteiger partial charge on any atom is -0.507 e. The summed E-state index contributed by atoms with van der Waals surface area (Å²) in [6, 6.07) is 15.8. The van der Waals surface area contributed by atoms with Crippen molar-refractivity contribution in [1.29, 1.82) is 0 Å². The van der Waals surface area contributed by atoms with Gasteiger partial charge in [-0.2, -0.15) is 0 Å². The Kier molecular flexibility index (Phi) is 2.78. The first kappa shape index (κ1) is 14.7. The second kappa shape index (κ2) is 4.92. The summed E-state index contributed by atoms with van der Waals surface area (Å²) in [4.78, 5) is 23.5. The zero-order chi connectivity index (χ0) is 18.0. The number of rotatable bonds is 2. The molecular weight excluding hydrogens is 328 g/mol. The molecule has 0 amide bonds. The van der Waals surface area contributed by atoms with Gasteiger partial charge in [-0.1, -0.05) is 36.4 Å². The topological polar surface area (TPSA) is 74.6 Å². The van der Waals surface area contributed by atoms with Crippen LogP contribution in [0.5, 0.6) is 11.5 Å². The number of Topliss-reactive ketones (excluding diaryl/α,β-unsaturated/α-hetero) is 1. The molecule has 4 heteroatoms. The molecule has 0 heterocycles. The number of ketones is 1. The third-order valence-corrected chi connectivity index (χ3v) is 5.08. The zero-order valence-corrected chi connectivity index (χ0v) is 13.5. The summed E-state index contributed by atoms with van der Waals surface area (Å²) >= 11 is 0. The van der Waals surface area contributed by atoms with Gasteiger partial charge in [-0.15, -0.1) is 0 Å². The predicted molar refractivity (Wildman–Crippen MR) is 101 cm³/mol. The van der Waals surface area contributed by atoms with Crippen LogP contribution < -0.4 is 0 Å². The maximum absolute atomic E-state index is 12.3. The van der Waals surface area contributed by atoms with E-state index >= 15 is 0 Å². The van der Waals surface area contributed by atoms with Crippen molar-refractivity contribution in [2.75, 3.05) is 0 Å². The summed E-state index contributed by atoms with van der Waals surface area (Å²) in [6.07, 6.45) is 0.276. The van der Waals surface area contributed by atoms with E-state index in [1.165, 1.54) is 0 Å². The van der Waals surface area contributed by atoms with Gasteiger partial charge in [0.05, 0.1) is 0 Å². The molecule has 0 spiro atoms. The molecule has 0 aromatic heterocycles. The average Bonchev–Trinajstić information content (AvgIpc) is 2.67. The molecule has 2 N–H and O–H groups in total. The highest BCUT2D eigenvalue weighted by Crippen LogP contribution is 2.47. The van der Waals surface area contributed by atoms with Crippen LogP contribution in [0.1, 0.15) is 10.4 Å². The second-order valence-electron chi connectivity index (χ2n) is 6.39. The van der Waals surface area contributed by atoms with E-state index in [4.69, 9.17) is 0 Å². The molecule has 124 valence electrons. The zero-order valence-electron chi connectivity index (χ0n) is 13.5. The van der Waals surface area contributed by atoms with Crippen LogP contribution in [0, 0.1) is 0 Å². The third kappa shape index (κ3) is 1.68. The Morgan fingerprint density at radius 2 is 1.35 bits per heavy atom. The smallest absolute Gasteiger partial charge is 0.226 e. The van der Waals surface area contributed by atoms with Crippen LogP contribution >= 0.6 is 0 Å². The van der Waals surface area contributed by atoms with Crippen LogP contribution in [0.25, 0.3) is 43.1 Å². The summed E-state index contributed by atoms with van der Waals surface area (Å²) in [7, 11) is 0. The van der Waals surface area contributed by atoms with E-state index in [1.54, 1.807) is 36.4 Å². The monoisotopic (exact) mass is 340 g/mol. The molecule has 0 saturated carbocycles. The first-order valence-electron chi connectivity index (χ1n) is 8.15. The molecule has 0 aliphatic heterocycles. The number of aromatic hydroxyl groups is 2. The molecule has 0 fully saturated rings. The standard InChI is InChI=1S/C22H12O4/c23-10-17(26)13-7-4-12-6-8-15(24)20-14-3-1-2-11-5-9-16(25)22(18(11)14)21(13)19(12)20/h1-10,24-25H. The lowest BCUT2D eigenvalue weighted by atomic mass is 9.86. The number of benzene rings is 5. The average molecular weight is 340 g/mol. The molecule has 4 nitrogen and oxygen atoms in total. The fourth-order valence-electron chi connectivity index (χ4n) is 4.04. The highest BCUT2D eigenvalue weighted by molar-refractivity contribution is 6.43. The van der Waals surface area contributed by atoms with Gasteiger partial charge in [-0.05, 0) is 34.4 Å². The fourth-order valence-corrected chi connectivity index (χ4v) is 4.04. The number of phenolic OH excluding ortho intramolecular Hbond substituents is 2. The molecular formula is C22H12O4. The summed E-state index contributed by atoms with van der Waals surface area (Å²) in [5.74, 6) is -0.533. The number of carbonyl (C=O) groups excluding carboxylic acids is 2. The lowest BCUT2D eigenvalue weighted by Gasteiger charge is -2.17. The van der Waals surface area contributed by atoms with E-state index in [9.17, 15) is 19.8 Å². The number of carbonyl (C=O) groups is 2. The largest absolute Gasteiger partial charge is 0.507 e. The molecule has 0 bridgehead atoms. The Balaban J connectivity index is 2.28. The molecule has 0 unspecified atom stereocenters. The van der Waals surface area contributed by atoms with Crippen molar-refractivity contribution in [2.45, 2.75) is 0 Å². The second-order valence-corrected chi connectivity index (χ2v) is 6.39. The van der Waals surface area contributed by atoms with E-state index in [1.807, 2.05) is 18.2 Å². The summed E-state index contributed by atoms with van der Waals surface area (Å²) in [6.45, 7) is 0. The fraction of sp³-hybridized carbons (Fsp3) is 0. The lowest BCUT2D eigenvalue weighted by Crippen LogP contribution is -2.02. The number of fused-ring (bicyclic) bond motifs is 2. The van der Waals surface area contributed by atoms with Gasteiger partial charge in [0.2, 0.25) is 5.78 Å². The molecule has 5 aromatic carbocycles. The Morgan fingerprint density at radius 3 is 2.08 bits per heavy atom. The molecule has 0 aliphatic carbocycles. The van der Waals surface area contributed by atoms with E-state index < -0.39 is 5.78 Å². The van der Waals surface area contributed by atoms with E-state index in [2.05, 4.69) is 0 Å². The third-order valence-electron chi connectivity index (χ3n) is 5.08. The van der Waals surface area contributed by atoms with Crippen LogP contribution in [0.4, 0.5) is 0 Å². The van der Waals surface area contributed by atoms with Gasteiger partial charge in [-0.25, -0.2) is 0 Å². The number of aldehydes is 1.